The minimum Gasteiger partial charge on any atom is -0.367 e. The average molecular weight is 314 g/mol. The van der Waals surface area contributed by atoms with Crippen LogP contribution in [0, 0.1) is 5.82 Å². The smallest absolute Gasteiger partial charge is 0.153 e. The number of hydrogen-bond acceptors (Lipinski definition) is 4. The fraction of sp³-hybridized carbons (Fsp3) is 0.600. The molecule has 1 heterocycles. The molecule has 0 bridgehead atoms. The highest BCUT2D eigenvalue weighted by Crippen LogP contribution is 2.26. The Kier molecular flexibility index (Phi) is 4.58. The molecule has 1 N–H and O–H groups in total. The van der Waals surface area contributed by atoms with Crippen molar-refractivity contribution in [2.24, 2.45) is 0 Å². The molecular formula is C15H23FN2O2S. The molecule has 4 nitrogen and oxygen atoms in total. The fourth-order valence-electron chi connectivity index (χ4n) is 2.35. The topological polar surface area (TPSA) is 49.4 Å². The van der Waals surface area contributed by atoms with E-state index in [0.29, 0.717) is 25.3 Å². The van der Waals surface area contributed by atoms with Crippen LogP contribution in [0.15, 0.2) is 18.2 Å². The van der Waals surface area contributed by atoms with Gasteiger partial charge in [0.15, 0.2) is 9.84 Å². The van der Waals surface area contributed by atoms with Gasteiger partial charge in [-0.05, 0) is 32.4 Å². The highest BCUT2D eigenvalue weighted by Gasteiger charge is 2.25. The third-order valence-electron chi connectivity index (χ3n) is 3.54. The molecule has 0 atom stereocenters. The monoisotopic (exact) mass is 314 g/mol. The maximum atomic E-state index is 14.2. The first-order valence-electron chi connectivity index (χ1n) is 7.16. The lowest BCUT2D eigenvalue weighted by Gasteiger charge is -2.31. The second-order valence-electron chi connectivity index (χ2n) is 6.49. The summed E-state index contributed by atoms with van der Waals surface area (Å²) in [6, 6.07) is 5.01. The molecule has 118 valence electrons. The average Bonchev–Trinajstić information content (AvgIpc) is 2.36. The quantitative estimate of drug-likeness (QED) is 0.926. The Morgan fingerprint density at radius 3 is 2.43 bits per heavy atom. The highest BCUT2D eigenvalue weighted by molar-refractivity contribution is 7.91. The number of nitrogens with zero attached hydrogens (tertiary/aromatic N) is 1. The minimum atomic E-state index is -2.96. The van der Waals surface area contributed by atoms with E-state index in [0.717, 1.165) is 5.56 Å². The highest BCUT2D eigenvalue weighted by atomic mass is 32.2. The number of hydrogen-bond donors (Lipinski definition) is 1. The van der Waals surface area contributed by atoms with Crippen LogP contribution in [0.25, 0.3) is 0 Å². The number of benzene rings is 1. The van der Waals surface area contributed by atoms with Crippen LogP contribution in [-0.4, -0.2) is 38.6 Å². The zero-order valence-corrected chi connectivity index (χ0v) is 13.6. The van der Waals surface area contributed by atoms with Crippen molar-refractivity contribution in [2.75, 3.05) is 29.5 Å². The van der Waals surface area contributed by atoms with Crippen LogP contribution in [-0.2, 0) is 16.4 Å². The van der Waals surface area contributed by atoms with E-state index in [9.17, 15) is 12.8 Å². The molecule has 0 aromatic heterocycles. The van der Waals surface area contributed by atoms with E-state index in [2.05, 4.69) is 26.1 Å². The summed E-state index contributed by atoms with van der Waals surface area (Å²) in [5.41, 5.74) is 1.34. The van der Waals surface area contributed by atoms with E-state index in [-0.39, 0.29) is 22.9 Å². The SMILES string of the molecule is CC(C)(C)NCc1cccc(F)c1N1CCS(=O)(=O)CC1. The van der Waals surface area contributed by atoms with Crippen molar-refractivity contribution in [3.05, 3.63) is 29.6 Å². The molecule has 0 spiro atoms. The number of anilines is 1. The number of nitrogens with one attached hydrogen (secondary N) is 1. The van der Waals surface area contributed by atoms with E-state index in [4.69, 9.17) is 0 Å². The third kappa shape index (κ3) is 4.41. The standard InChI is InChI=1S/C15H23FN2O2S/c1-15(2,3)17-11-12-5-4-6-13(16)14(12)18-7-9-21(19,20)10-8-18/h4-6,17H,7-11H2,1-3H3. The Bertz CT molecular complexity index is 595. The maximum Gasteiger partial charge on any atom is 0.153 e. The molecule has 0 amide bonds. The van der Waals surface area contributed by atoms with Crippen LogP contribution < -0.4 is 10.2 Å². The van der Waals surface area contributed by atoms with Crippen molar-refractivity contribution >= 4 is 15.5 Å². The van der Waals surface area contributed by atoms with Crippen molar-refractivity contribution in [3.8, 4) is 0 Å². The number of rotatable bonds is 3. The summed E-state index contributed by atoms with van der Waals surface area (Å²) in [7, 11) is -2.96. The summed E-state index contributed by atoms with van der Waals surface area (Å²) in [5, 5.41) is 3.35. The van der Waals surface area contributed by atoms with Gasteiger partial charge in [-0.15, -0.1) is 0 Å². The van der Waals surface area contributed by atoms with Crippen molar-refractivity contribution in [2.45, 2.75) is 32.9 Å². The number of sulfone groups is 1. The zero-order valence-electron chi connectivity index (χ0n) is 12.8. The largest absolute Gasteiger partial charge is 0.367 e. The minimum absolute atomic E-state index is 0.0607. The van der Waals surface area contributed by atoms with Crippen LogP contribution in [0.5, 0.6) is 0 Å². The van der Waals surface area contributed by atoms with Gasteiger partial charge in [-0.3, -0.25) is 0 Å². The molecule has 1 aromatic carbocycles. The lowest BCUT2D eigenvalue weighted by molar-refractivity contribution is 0.423. The van der Waals surface area contributed by atoms with E-state index < -0.39 is 9.84 Å². The second kappa shape index (κ2) is 5.93. The van der Waals surface area contributed by atoms with E-state index >= 15 is 0 Å². The van der Waals surface area contributed by atoms with Crippen LogP contribution in [0.4, 0.5) is 10.1 Å². The third-order valence-corrected chi connectivity index (χ3v) is 5.15. The summed E-state index contributed by atoms with van der Waals surface area (Å²) >= 11 is 0. The zero-order chi connectivity index (χ0) is 15.7. The molecule has 0 unspecified atom stereocenters. The lowest BCUT2D eigenvalue weighted by Crippen LogP contribution is -2.42. The van der Waals surface area contributed by atoms with Crippen LogP contribution >= 0.6 is 0 Å². The Balaban J connectivity index is 2.22. The normalized spacial score (nSPS) is 18.8. The van der Waals surface area contributed by atoms with E-state index in [1.54, 1.807) is 6.07 Å². The van der Waals surface area contributed by atoms with Gasteiger partial charge in [-0.25, -0.2) is 12.8 Å². The van der Waals surface area contributed by atoms with Crippen LogP contribution in [0.3, 0.4) is 0 Å². The second-order valence-corrected chi connectivity index (χ2v) is 8.79. The molecule has 1 aliphatic rings. The molecule has 1 aromatic rings. The van der Waals surface area contributed by atoms with E-state index in [1.165, 1.54) is 6.07 Å². The van der Waals surface area contributed by atoms with Gasteiger partial charge in [-0.2, -0.15) is 0 Å². The molecule has 21 heavy (non-hydrogen) atoms. The molecule has 0 radical (unpaired) electrons. The van der Waals surface area contributed by atoms with Gasteiger partial charge in [0, 0.05) is 25.2 Å². The Hall–Kier alpha value is -1.14. The van der Waals surface area contributed by atoms with Crippen molar-refractivity contribution < 1.29 is 12.8 Å². The molecule has 0 aliphatic carbocycles. The first-order chi connectivity index (χ1) is 9.68. The van der Waals surface area contributed by atoms with Gasteiger partial charge in [0.25, 0.3) is 0 Å². The van der Waals surface area contributed by atoms with Gasteiger partial charge in [0.1, 0.15) is 5.82 Å². The predicted octanol–water partition coefficient (Wildman–Crippen LogP) is 1.95. The van der Waals surface area contributed by atoms with Crippen molar-refractivity contribution in [1.82, 2.24) is 5.32 Å². The predicted molar refractivity (Wildman–Crippen MR) is 83.9 cm³/mol. The summed E-state index contributed by atoms with van der Waals surface area (Å²) in [5.74, 6) is -0.108. The summed E-state index contributed by atoms with van der Waals surface area (Å²) < 4.78 is 37.3. The summed E-state index contributed by atoms with van der Waals surface area (Å²) in [4.78, 5) is 1.84. The van der Waals surface area contributed by atoms with Crippen molar-refractivity contribution in [3.63, 3.8) is 0 Å². The van der Waals surface area contributed by atoms with Gasteiger partial charge < -0.3 is 10.2 Å². The van der Waals surface area contributed by atoms with Gasteiger partial charge >= 0.3 is 0 Å². The number of halogens is 1. The molecule has 0 saturated carbocycles. The van der Waals surface area contributed by atoms with Gasteiger partial charge in [0.2, 0.25) is 0 Å². The van der Waals surface area contributed by atoms with Gasteiger partial charge in [0.05, 0.1) is 17.2 Å². The van der Waals surface area contributed by atoms with E-state index in [1.807, 2.05) is 11.0 Å². The molecule has 1 saturated heterocycles. The Morgan fingerprint density at radius 1 is 1.24 bits per heavy atom. The fourth-order valence-corrected chi connectivity index (χ4v) is 3.55. The van der Waals surface area contributed by atoms with Crippen LogP contribution in [0.1, 0.15) is 26.3 Å². The summed E-state index contributed by atoms with van der Waals surface area (Å²) in [6.45, 7) is 7.43. The molecule has 1 fully saturated rings. The van der Waals surface area contributed by atoms with Gasteiger partial charge in [-0.1, -0.05) is 12.1 Å². The Morgan fingerprint density at radius 2 is 1.86 bits per heavy atom. The molecular weight excluding hydrogens is 291 g/mol. The first kappa shape index (κ1) is 16.2. The molecule has 6 heteroatoms. The van der Waals surface area contributed by atoms with Crippen molar-refractivity contribution in [1.29, 1.82) is 0 Å². The maximum absolute atomic E-state index is 14.2. The van der Waals surface area contributed by atoms with Crippen LogP contribution in [0.2, 0.25) is 0 Å². The molecule has 1 aliphatic heterocycles. The number of para-hydroxylation sites is 1. The molecule has 2 rings (SSSR count). The first-order valence-corrected chi connectivity index (χ1v) is 8.98. The Labute approximate surface area is 126 Å². The summed E-state index contributed by atoms with van der Waals surface area (Å²) in [6.07, 6.45) is 0. The lowest BCUT2D eigenvalue weighted by atomic mass is 10.1.